The standard InChI is InChI=1S/C13H11NO3/c15-11-6-9(7-12(16)8-11)13(17)14-10-4-2-1-3-5-10/h1-8,15-16H,(H,14,17). The fourth-order valence-corrected chi connectivity index (χ4v) is 1.45. The van der Waals surface area contributed by atoms with Crippen molar-refractivity contribution in [3.63, 3.8) is 0 Å². The van der Waals surface area contributed by atoms with Gasteiger partial charge in [0.2, 0.25) is 0 Å². The minimum Gasteiger partial charge on any atom is -0.508 e. The smallest absolute Gasteiger partial charge is 0.255 e. The van der Waals surface area contributed by atoms with Crippen molar-refractivity contribution in [2.45, 2.75) is 0 Å². The third-order valence-electron chi connectivity index (χ3n) is 2.20. The van der Waals surface area contributed by atoms with Gasteiger partial charge in [0.1, 0.15) is 11.5 Å². The Hall–Kier alpha value is -2.49. The van der Waals surface area contributed by atoms with Crippen LogP contribution < -0.4 is 5.32 Å². The second-order valence-corrected chi connectivity index (χ2v) is 3.56. The average molecular weight is 229 g/mol. The third kappa shape index (κ3) is 2.75. The Morgan fingerprint density at radius 1 is 0.941 bits per heavy atom. The van der Waals surface area contributed by atoms with E-state index in [4.69, 9.17) is 0 Å². The monoisotopic (exact) mass is 229 g/mol. The topological polar surface area (TPSA) is 69.6 Å². The lowest BCUT2D eigenvalue weighted by Crippen LogP contribution is -2.11. The molecule has 3 N–H and O–H groups in total. The molecule has 0 saturated heterocycles. The molecule has 0 fully saturated rings. The number of carbonyl (C=O) groups is 1. The molecule has 0 bridgehead atoms. The van der Waals surface area contributed by atoms with E-state index in [1.165, 1.54) is 18.2 Å². The lowest BCUT2D eigenvalue weighted by Gasteiger charge is -2.05. The maximum Gasteiger partial charge on any atom is 0.255 e. The predicted octanol–water partition coefficient (Wildman–Crippen LogP) is 2.35. The van der Waals surface area contributed by atoms with Gasteiger partial charge in [0.25, 0.3) is 5.91 Å². The fraction of sp³-hybridized carbons (Fsp3) is 0. The summed E-state index contributed by atoms with van der Waals surface area (Å²) in [5.74, 6) is -0.686. The van der Waals surface area contributed by atoms with Gasteiger partial charge in [-0.15, -0.1) is 0 Å². The summed E-state index contributed by atoms with van der Waals surface area (Å²) in [5.41, 5.74) is 0.853. The first-order chi connectivity index (χ1) is 8.15. The van der Waals surface area contributed by atoms with Gasteiger partial charge in [-0.25, -0.2) is 0 Å². The van der Waals surface area contributed by atoms with Gasteiger partial charge in [0, 0.05) is 17.3 Å². The largest absolute Gasteiger partial charge is 0.508 e. The molecule has 0 aliphatic heterocycles. The van der Waals surface area contributed by atoms with Crippen molar-refractivity contribution in [3.05, 3.63) is 54.1 Å². The maximum absolute atomic E-state index is 11.8. The van der Waals surface area contributed by atoms with Crippen molar-refractivity contribution in [1.82, 2.24) is 0 Å². The van der Waals surface area contributed by atoms with Crippen molar-refractivity contribution >= 4 is 11.6 Å². The Morgan fingerprint density at radius 3 is 2.12 bits per heavy atom. The summed E-state index contributed by atoms with van der Waals surface area (Å²) in [6, 6.07) is 12.7. The molecule has 4 heteroatoms. The normalized spacial score (nSPS) is 9.88. The molecule has 0 unspecified atom stereocenters. The van der Waals surface area contributed by atoms with Crippen molar-refractivity contribution in [1.29, 1.82) is 0 Å². The van der Waals surface area contributed by atoms with Gasteiger partial charge >= 0.3 is 0 Å². The minimum atomic E-state index is -0.387. The molecule has 0 radical (unpaired) electrons. The van der Waals surface area contributed by atoms with Crippen LogP contribution in [0, 0.1) is 0 Å². The molecular weight excluding hydrogens is 218 g/mol. The number of phenolic OH excluding ortho intramolecular Hbond substituents is 2. The molecule has 17 heavy (non-hydrogen) atoms. The molecule has 4 nitrogen and oxygen atoms in total. The number of para-hydroxylation sites is 1. The quantitative estimate of drug-likeness (QED) is 0.740. The van der Waals surface area contributed by atoms with Gasteiger partial charge in [-0.3, -0.25) is 4.79 Å². The van der Waals surface area contributed by atoms with E-state index in [0.717, 1.165) is 0 Å². The van der Waals surface area contributed by atoms with Crippen molar-refractivity contribution < 1.29 is 15.0 Å². The molecule has 1 amide bonds. The number of amides is 1. The molecule has 0 aromatic heterocycles. The zero-order valence-electron chi connectivity index (χ0n) is 8.92. The van der Waals surface area contributed by atoms with Crippen molar-refractivity contribution in [2.75, 3.05) is 5.32 Å². The van der Waals surface area contributed by atoms with Crippen LogP contribution in [0.5, 0.6) is 11.5 Å². The second kappa shape index (κ2) is 4.57. The third-order valence-corrected chi connectivity index (χ3v) is 2.20. The molecule has 2 rings (SSSR count). The van der Waals surface area contributed by atoms with Crippen LogP contribution in [0.3, 0.4) is 0 Å². The van der Waals surface area contributed by atoms with Crippen LogP contribution in [0.15, 0.2) is 48.5 Å². The maximum atomic E-state index is 11.8. The Balaban J connectivity index is 2.20. The van der Waals surface area contributed by atoms with E-state index >= 15 is 0 Å². The van der Waals surface area contributed by atoms with Crippen LogP contribution in [-0.2, 0) is 0 Å². The van der Waals surface area contributed by atoms with E-state index in [-0.39, 0.29) is 23.0 Å². The first-order valence-electron chi connectivity index (χ1n) is 5.04. The van der Waals surface area contributed by atoms with E-state index in [1.54, 1.807) is 24.3 Å². The lowest BCUT2D eigenvalue weighted by molar-refractivity contribution is 0.102. The highest BCUT2D eigenvalue weighted by atomic mass is 16.3. The van der Waals surface area contributed by atoms with Gasteiger partial charge in [0.15, 0.2) is 0 Å². The molecule has 0 atom stereocenters. The number of hydrogen-bond donors (Lipinski definition) is 3. The number of hydrogen-bond acceptors (Lipinski definition) is 3. The zero-order valence-corrected chi connectivity index (χ0v) is 8.92. The summed E-state index contributed by atoms with van der Waals surface area (Å²) in [6.45, 7) is 0. The highest BCUT2D eigenvalue weighted by Gasteiger charge is 2.08. The van der Waals surface area contributed by atoms with E-state index in [1.807, 2.05) is 6.07 Å². The number of benzene rings is 2. The van der Waals surface area contributed by atoms with Gasteiger partial charge in [0.05, 0.1) is 0 Å². The molecule has 0 saturated carbocycles. The van der Waals surface area contributed by atoms with E-state index < -0.39 is 0 Å². The number of carbonyl (C=O) groups excluding carboxylic acids is 1. The number of aromatic hydroxyl groups is 2. The lowest BCUT2D eigenvalue weighted by atomic mass is 10.2. The van der Waals surface area contributed by atoms with Gasteiger partial charge in [-0.1, -0.05) is 18.2 Å². The molecule has 0 spiro atoms. The Labute approximate surface area is 98.2 Å². The molecule has 0 heterocycles. The van der Waals surface area contributed by atoms with Crippen LogP contribution in [0.25, 0.3) is 0 Å². The molecule has 2 aromatic rings. The van der Waals surface area contributed by atoms with Gasteiger partial charge < -0.3 is 15.5 Å². The molecule has 2 aromatic carbocycles. The van der Waals surface area contributed by atoms with E-state index in [0.29, 0.717) is 5.69 Å². The summed E-state index contributed by atoms with van der Waals surface area (Å²) < 4.78 is 0. The van der Waals surface area contributed by atoms with Crippen LogP contribution in [0.1, 0.15) is 10.4 Å². The van der Waals surface area contributed by atoms with Crippen LogP contribution in [-0.4, -0.2) is 16.1 Å². The first kappa shape index (κ1) is 11.0. The van der Waals surface area contributed by atoms with Crippen LogP contribution in [0.2, 0.25) is 0 Å². The minimum absolute atomic E-state index is 0.150. The summed E-state index contributed by atoms with van der Waals surface area (Å²) in [4.78, 5) is 11.8. The van der Waals surface area contributed by atoms with Crippen LogP contribution in [0.4, 0.5) is 5.69 Å². The van der Waals surface area contributed by atoms with Crippen LogP contribution >= 0.6 is 0 Å². The Bertz CT molecular complexity index is 517. The summed E-state index contributed by atoms with van der Waals surface area (Å²) in [7, 11) is 0. The summed E-state index contributed by atoms with van der Waals surface area (Å²) in [5, 5.41) is 21.2. The zero-order chi connectivity index (χ0) is 12.3. The fourth-order valence-electron chi connectivity index (χ4n) is 1.45. The highest BCUT2D eigenvalue weighted by Crippen LogP contribution is 2.21. The average Bonchev–Trinajstić information content (AvgIpc) is 2.29. The number of anilines is 1. The first-order valence-corrected chi connectivity index (χ1v) is 5.04. The number of phenols is 2. The molecule has 0 aliphatic rings. The van der Waals surface area contributed by atoms with Crippen molar-refractivity contribution in [2.24, 2.45) is 0 Å². The van der Waals surface area contributed by atoms with Gasteiger partial charge in [-0.2, -0.15) is 0 Å². The number of nitrogens with one attached hydrogen (secondary N) is 1. The predicted molar refractivity (Wildman–Crippen MR) is 64.2 cm³/mol. The second-order valence-electron chi connectivity index (χ2n) is 3.56. The van der Waals surface area contributed by atoms with Crippen molar-refractivity contribution in [3.8, 4) is 11.5 Å². The SMILES string of the molecule is O=C(Nc1ccccc1)c1cc(O)cc(O)c1. The molecule has 0 aliphatic carbocycles. The highest BCUT2D eigenvalue weighted by molar-refractivity contribution is 6.04. The van der Waals surface area contributed by atoms with E-state index in [9.17, 15) is 15.0 Å². The Morgan fingerprint density at radius 2 is 1.53 bits per heavy atom. The number of rotatable bonds is 2. The summed E-state index contributed by atoms with van der Waals surface area (Å²) >= 11 is 0. The summed E-state index contributed by atoms with van der Waals surface area (Å²) in [6.07, 6.45) is 0. The molecule has 86 valence electrons. The van der Waals surface area contributed by atoms with E-state index in [2.05, 4.69) is 5.32 Å². The van der Waals surface area contributed by atoms with Gasteiger partial charge in [-0.05, 0) is 24.3 Å². The molecular formula is C13H11NO3. The Kier molecular flexibility index (Phi) is 2.96.